The summed E-state index contributed by atoms with van der Waals surface area (Å²) in [5, 5.41) is 8.01. The molecule has 0 unspecified atom stereocenters. The number of hydrogen-bond donors (Lipinski definition) is 0. The van der Waals surface area contributed by atoms with Crippen LogP contribution in [0.4, 0.5) is 0 Å². The van der Waals surface area contributed by atoms with Crippen LogP contribution in [0, 0.1) is 13.8 Å². The zero-order valence-electron chi connectivity index (χ0n) is 10.2. The molecule has 4 nitrogen and oxygen atoms in total. The van der Waals surface area contributed by atoms with Crippen LogP contribution in [0.15, 0.2) is 45.4 Å². The summed E-state index contributed by atoms with van der Waals surface area (Å²) < 4.78 is 10.2. The summed E-state index contributed by atoms with van der Waals surface area (Å²) in [4.78, 5) is 0. The van der Waals surface area contributed by atoms with Crippen LogP contribution in [0.1, 0.15) is 11.5 Å². The van der Waals surface area contributed by atoms with Crippen molar-refractivity contribution in [3.8, 4) is 22.5 Å². The van der Waals surface area contributed by atoms with Gasteiger partial charge in [0.2, 0.25) is 0 Å². The minimum atomic E-state index is 0.799. The van der Waals surface area contributed by atoms with Gasteiger partial charge in [0, 0.05) is 23.3 Å². The number of nitrogens with zero attached hydrogens (tertiary/aromatic N) is 2. The van der Waals surface area contributed by atoms with Gasteiger partial charge in [-0.2, -0.15) is 0 Å². The van der Waals surface area contributed by atoms with Gasteiger partial charge in [0.1, 0.15) is 22.9 Å². The Morgan fingerprint density at radius 3 is 1.67 bits per heavy atom. The van der Waals surface area contributed by atoms with Gasteiger partial charge in [0.05, 0.1) is 0 Å². The quantitative estimate of drug-likeness (QED) is 0.686. The molecular formula is C14H12N2O2. The van der Waals surface area contributed by atoms with Crippen molar-refractivity contribution in [2.24, 2.45) is 0 Å². The zero-order valence-corrected chi connectivity index (χ0v) is 10.2. The number of aromatic nitrogens is 2. The lowest BCUT2D eigenvalue weighted by Gasteiger charge is -1.98. The molecule has 1 aromatic carbocycles. The van der Waals surface area contributed by atoms with E-state index in [0.29, 0.717) is 0 Å². The minimum absolute atomic E-state index is 0.799. The van der Waals surface area contributed by atoms with Crippen LogP contribution in [-0.4, -0.2) is 10.3 Å². The summed E-state index contributed by atoms with van der Waals surface area (Å²) in [6, 6.07) is 11.8. The second kappa shape index (κ2) is 4.14. The summed E-state index contributed by atoms with van der Waals surface area (Å²) in [5.74, 6) is 1.60. The molecule has 2 aromatic heterocycles. The first-order valence-electron chi connectivity index (χ1n) is 5.70. The molecule has 90 valence electrons. The highest BCUT2D eigenvalue weighted by Gasteiger charge is 2.08. The van der Waals surface area contributed by atoms with Gasteiger partial charge in [-0.05, 0) is 19.9 Å². The molecule has 2 heterocycles. The fourth-order valence-corrected chi connectivity index (χ4v) is 1.84. The molecule has 0 radical (unpaired) electrons. The molecule has 0 saturated heterocycles. The Balaban J connectivity index is 2.04. The Morgan fingerprint density at radius 2 is 1.28 bits per heavy atom. The van der Waals surface area contributed by atoms with Crippen molar-refractivity contribution in [1.82, 2.24) is 10.3 Å². The van der Waals surface area contributed by atoms with Crippen molar-refractivity contribution in [3.63, 3.8) is 0 Å². The molecule has 0 fully saturated rings. The Labute approximate surface area is 104 Å². The fourth-order valence-electron chi connectivity index (χ4n) is 1.84. The summed E-state index contributed by atoms with van der Waals surface area (Å²) in [7, 11) is 0. The Hall–Kier alpha value is -2.36. The standard InChI is InChI=1S/C14H12N2O2/c1-9-6-13(15-17-9)11-4-3-5-12(8-11)14-7-10(2)18-16-14/h3-8H,1-2H3. The van der Waals surface area contributed by atoms with E-state index in [1.807, 2.05) is 50.2 Å². The second-order valence-corrected chi connectivity index (χ2v) is 4.23. The van der Waals surface area contributed by atoms with Crippen molar-refractivity contribution in [2.75, 3.05) is 0 Å². The van der Waals surface area contributed by atoms with E-state index < -0.39 is 0 Å². The normalized spacial score (nSPS) is 10.8. The molecule has 0 N–H and O–H groups in total. The van der Waals surface area contributed by atoms with Gasteiger partial charge < -0.3 is 9.05 Å². The molecule has 3 rings (SSSR count). The van der Waals surface area contributed by atoms with Crippen molar-refractivity contribution >= 4 is 0 Å². The van der Waals surface area contributed by atoms with Crippen LogP contribution in [0.2, 0.25) is 0 Å². The van der Waals surface area contributed by atoms with Crippen molar-refractivity contribution in [1.29, 1.82) is 0 Å². The predicted octanol–water partition coefficient (Wildman–Crippen LogP) is 3.61. The van der Waals surface area contributed by atoms with E-state index in [-0.39, 0.29) is 0 Å². The van der Waals surface area contributed by atoms with E-state index in [1.165, 1.54) is 0 Å². The number of rotatable bonds is 2. The molecule has 0 spiro atoms. The molecule has 0 atom stereocenters. The van der Waals surface area contributed by atoms with Crippen LogP contribution in [0.3, 0.4) is 0 Å². The molecular weight excluding hydrogens is 228 g/mol. The van der Waals surface area contributed by atoms with Crippen LogP contribution in [0.25, 0.3) is 22.5 Å². The smallest absolute Gasteiger partial charge is 0.134 e. The molecule has 0 aliphatic rings. The Morgan fingerprint density at radius 1 is 0.778 bits per heavy atom. The lowest BCUT2D eigenvalue weighted by atomic mass is 10.1. The summed E-state index contributed by atoms with van der Waals surface area (Å²) >= 11 is 0. The third-order valence-electron chi connectivity index (χ3n) is 2.71. The van der Waals surface area contributed by atoms with E-state index in [2.05, 4.69) is 10.3 Å². The van der Waals surface area contributed by atoms with E-state index in [0.717, 1.165) is 34.0 Å². The van der Waals surface area contributed by atoms with Crippen LogP contribution in [-0.2, 0) is 0 Å². The van der Waals surface area contributed by atoms with E-state index in [1.54, 1.807) is 0 Å². The Kier molecular flexibility index (Phi) is 2.48. The maximum atomic E-state index is 5.08. The molecule has 0 saturated carbocycles. The molecule has 18 heavy (non-hydrogen) atoms. The highest BCUT2D eigenvalue weighted by atomic mass is 16.5. The lowest BCUT2D eigenvalue weighted by molar-refractivity contribution is 0.399. The summed E-state index contributed by atoms with van der Waals surface area (Å²) in [6.07, 6.45) is 0. The molecule has 0 aliphatic carbocycles. The van der Waals surface area contributed by atoms with Crippen molar-refractivity contribution in [3.05, 3.63) is 47.9 Å². The van der Waals surface area contributed by atoms with E-state index in [9.17, 15) is 0 Å². The van der Waals surface area contributed by atoms with Crippen LogP contribution < -0.4 is 0 Å². The zero-order chi connectivity index (χ0) is 12.5. The number of aryl methyl sites for hydroxylation is 2. The summed E-state index contributed by atoms with van der Waals surface area (Å²) in [5.41, 5.74) is 3.67. The first-order chi connectivity index (χ1) is 8.72. The third kappa shape index (κ3) is 1.93. The third-order valence-corrected chi connectivity index (χ3v) is 2.71. The maximum Gasteiger partial charge on any atom is 0.134 e. The first-order valence-corrected chi connectivity index (χ1v) is 5.70. The highest BCUT2D eigenvalue weighted by Crippen LogP contribution is 2.25. The van der Waals surface area contributed by atoms with Crippen LogP contribution in [0.5, 0.6) is 0 Å². The van der Waals surface area contributed by atoms with Crippen molar-refractivity contribution in [2.45, 2.75) is 13.8 Å². The average molecular weight is 240 g/mol. The minimum Gasteiger partial charge on any atom is -0.361 e. The lowest BCUT2D eigenvalue weighted by Crippen LogP contribution is -1.80. The SMILES string of the molecule is Cc1cc(-c2cccc(-c3cc(C)on3)c2)no1. The monoisotopic (exact) mass is 240 g/mol. The summed E-state index contributed by atoms with van der Waals surface area (Å²) in [6.45, 7) is 3.75. The second-order valence-electron chi connectivity index (χ2n) is 4.23. The maximum absolute atomic E-state index is 5.08. The van der Waals surface area contributed by atoms with E-state index >= 15 is 0 Å². The van der Waals surface area contributed by atoms with Crippen molar-refractivity contribution < 1.29 is 9.05 Å². The molecule has 3 aromatic rings. The molecule has 0 amide bonds. The highest BCUT2D eigenvalue weighted by molar-refractivity contribution is 5.69. The van der Waals surface area contributed by atoms with E-state index in [4.69, 9.17) is 9.05 Å². The van der Waals surface area contributed by atoms with Gasteiger partial charge in [0.25, 0.3) is 0 Å². The number of benzene rings is 1. The van der Waals surface area contributed by atoms with Gasteiger partial charge in [-0.3, -0.25) is 0 Å². The van der Waals surface area contributed by atoms with Gasteiger partial charge in [-0.25, -0.2) is 0 Å². The molecule has 4 heteroatoms. The first kappa shape index (κ1) is 10.8. The van der Waals surface area contributed by atoms with Gasteiger partial charge >= 0.3 is 0 Å². The largest absolute Gasteiger partial charge is 0.361 e. The van der Waals surface area contributed by atoms with Gasteiger partial charge in [-0.15, -0.1) is 0 Å². The molecule has 0 aliphatic heterocycles. The van der Waals surface area contributed by atoms with Crippen LogP contribution >= 0.6 is 0 Å². The topological polar surface area (TPSA) is 52.1 Å². The number of hydrogen-bond acceptors (Lipinski definition) is 4. The van der Waals surface area contributed by atoms with Gasteiger partial charge in [-0.1, -0.05) is 28.5 Å². The fraction of sp³-hybridized carbons (Fsp3) is 0.143. The Bertz CT molecular complexity index is 627. The average Bonchev–Trinajstić information content (AvgIpc) is 2.98. The van der Waals surface area contributed by atoms with Gasteiger partial charge in [0.15, 0.2) is 0 Å². The predicted molar refractivity (Wildman–Crippen MR) is 66.9 cm³/mol. The molecule has 0 bridgehead atoms.